The number of carboxylic acid groups (broad SMARTS) is 1. The van der Waals surface area contributed by atoms with Gasteiger partial charge in [-0.05, 0) is 12.3 Å². The first-order valence-corrected chi connectivity index (χ1v) is 5.48. The molecule has 0 aromatic rings. The summed E-state index contributed by atoms with van der Waals surface area (Å²) in [5.74, 6) is -2.39. The molecule has 1 aliphatic carbocycles. The van der Waals surface area contributed by atoms with Crippen molar-refractivity contribution in [2.24, 2.45) is 23.0 Å². The summed E-state index contributed by atoms with van der Waals surface area (Å²) in [7, 11) is 0. The van der Waals surface area contributed by atoms with E-state index in [1.54, 1.807) is 0 Å². The van der Waals surface area contributed by atoms with Crippen molar-refractivity contribution in [3.05, 3.63) is 0 Å². The Kier molecular flexibility index (Phi) is 2.17. The Labute approximate surface area is 98.8 Å². The maximum Gasteiger partial charge on any atom is 0.325 e. The van der Waals surface area contributed by atoms with Crippen molar-refractivity contribution in [3.8, 4) is 0 Å². The van der Waals surface area contributed by atoms with Gasteiger partial charge in [0.15, 0.2) is 0 Å². The quantitative estimate of drug-likeness (QED) is 0.643. The minimum Gasteiger partial charge on any atom is -0.480 e. The molecule has 17 heavy (non-hydrogen) atoms. The number of rotatable bonds is 3. The number of likely N-dealkylation sites (tertiary alicyclic amines) is 1. The molecule has 2 rings (SSSR count). The second-order valence-corrected chi connectivity index (χ2v) is 5.76. The molecule has 3 atom stereocenters. The van der Waals surface area contributed by atoms with Gasteiger partial charge >= 0.3 is 5.97 Å². The van der Waals surface area contributed by atoms with Crippen LogP contribution < -0.4 is 5.73 Å². The summed E-state index contributed by atoms with van der Waals surface area (Å²) in [5, 5.41) is 8.88. The predicted molar refractivity (Wildman–Crippen MR) is 57.7 cm³/mol. The lowest BCUT2D eigenvalue weighted by molar-refractivity contribution is -0.148. The number of piperidine rings is 1. The Morgan fingerprint density at radius 1 is 1.41 bits per heavy atom. The van der Waals surface area contributed by atoms with Crippen molar-refractivity contribution in [2.45, 2.75) is 26.3 Å². The molecule has 6 heteroatoms. The molecule has 2 aliphatic rings. The summed E-state index contributed by atoms with van der Waals surface area (Å²) >= 11 is 0. The highest BCUT2D eigenvalue weighted by molar-refractivity contribution is 6.10. The van der Waals surface area contributed by atoms with Crippen LogP contribution in [0.3, 0.4) is 0 Å². The summed E-state index contributed by atoms with van der Waals surface area (Å²) in [6.07, 6.45) is 0. The van der Waals surface area contributed by atoms with Crippen LogP contribution in [0.4, 0.5) is 0 Å². The third kappa shape index (κ3) is 1.47. The smallest absolute Gasteiger partial charge is 0.325 e. The fourth-order valence-electron chi connectivity index (χ4n) is 2.56. The van der Waals surface area contributed by atoms with Crippen LogP contribution in [-0.4, -0.2) is 39.9 Å². The lowest BCUT2D eigenvalue weighted by Crippen LogP contribution is -2.56. The zero-order valence-electron chi connectivity index (χ0n) is 10.1. The van der Waals surface area contributed by atoms with Gasteiger partial charge in [0.2, 0.25) is 11.8 Å². The van der Waals surface area contributed by atoms with Crippen LogP contribution in [0.25, 0.3) is 0 Å². The first-order valence-electron chi connectivity index (χ1n) is 5.48. The zero-order valence-corrected chi connectivity index (χ0v) is 10.1. The largest absolute Gasteiger partial charge is 0.480 e. The van der Waals surface area contributed by atoms with E-state index in [4.69, 9.17) is 10.8 Å². The van der Waals surface area contributed by atoms with Gasteiger partial charge in [-0.2, -0.15) is 0 Å². The van der Waals surface area contributed by atoms with Crippen LogP contribution in [0.2, 0.25) is 0 Å². The molecule has 0 radical (unpaired) electrons. The monoisotopic (exact) mass is 240 g/mol. The SMILES string of the molecule is CC(N)(CN1C(=O)C2C(C1=O)C2(C)C)C(=O)O. The second-order valence-electron chi connectivity index (χ2n) is 5.76. The summed E-state index contributed by atoms with van der Waals surface area (Å²) in [6, 6.07) is 0. The third-order valence-electron chi connectivity index (χ3n) is 3.87. The molecule has 2 amide bonds. The predicted octanol–water partition coefficient (Wildman–Crippen LogP) is -0.571. The van der Waals surface area contributed by atoms with E-state index >= 15 is 0 Å². The van der Waals surface area contributed by atoms with E-state index in [1.807, 2.05) is 13.8 Å². The summed E-state index contributed by atoms with van der Waals surface area (Å²) < 4.78 is 0. The summed E-state index contributed by atoms with van der Waals surface area (Å²) in [6.45, 7) is 4.77. The minimum atomic E-state index is -1.59. The Hall–Kier alpha value is -1.43. The average molecular weight is 240 g/mol. The lowest BCUT2D eigenvalue weighted by atomic mass is 10.0. The van der Waals surface area contributed by atoms with Crippen LogP contribution in [0.15, 0.2) is 0 Å². The highest BCUT2D eigenvalue weighted by Crippen LogP contribution is 2.63. The van der Waals surface area contributed by atoms with Gasteiger partial charge in [-0.15, -0.1) is 0 Å². The van der Waals surface area contributed by atoms with Crippen molar-refractivity contribution in [2.75, 3.05) is 6.54 Å². The van der Waals surface area contributed by atoms with Crippen molar-refractivity contribution < 1.29 is 19.5 Å². The van der Waals surface area contributed by atoms with Gasteiger partial charge < -0.3 is 10.8 Å². The average Bonchev–Trinajstić information content (AvgIpc) is 2.65. The Balaban J connectivity index is 2.15. The number of imide groups is 1. The van der Waals surface area contributed by atoms with Gasteiger partial charge in [0.1, 0.15) is 5.54 Å². The highest BCUT2D eigenvalue weighted by atomic mass is 16.4. The van der Waals surface area contributed by atoms with E-state index < -0.39 is 11.5 Å². The van der Waals surface area contributed by atoms with E-state index in [0.717, 1.165) is 4.90 Å². The van der Waals surface area contributed by atoms with E-state index in [9.17, 15) is 14.4 Å². The third-order valence-corrected chi connectivity index (χ3v) is 3.87. The van der Waals surface area contributed by atoms with E-state index in [2.05, 4.69) is 0 Å². The molecule has 0 aromatic heterocycles. The van der Waals surface area contributed by atoms with Gasteiger partial charge in [-0.3, -0.25) is 19.3 Å². The summed E-state index contributed by atoms with van der Waals surface area (Å²) in [5.41, 5.74) is 3.68. The van der Waals surface area contributed by atoms with Gasteiger partial charge in [0, 0.05) is 0 Å². The van der Waals surface area contributed by atoms with Crippen LogP contribution in [0.5, 0.6) is 0 Å². The molecule has 1 saturated carbocycles. The van der Waals surface area contributed by atoms with Gasteiger partial charge in [0.25, 0.3) is 0 Å². The number of amides is 2. The Morgan fingerprint density at radius 3 is 2.18 bits per heavy atom. The molecule has 6 nitrogen and oxygen atoms in total. The Morgan fingerprint density at radius 2 is 1.82 bits per heavy atom. The standard InChI is InChI=1S/C11H16N2O4/c1-10(2)5-6(10)8(15)13(7(5)14)4-11(3,12)9(16)17/h5-6H,4,12H2,1-3H3,(H,16,17). The molecule has 0 aromatic carbocycles. The van der Waals surface area contributed by atoms with E-state index in [-0.39, 0.29) is 35.6 Å². The molecule has 1 aliphatic heterocycles. The number of carbonyl (C=O) groups excluding carboxylic acids is 2. The number of nitrogens with zero attached hydrogens (tertiary/aromatic N) is 1. The van der Waals surface area contributed by atoms with Gasteiger partial charge in [0.05, 0.1) is 18.4 Å². The van der Waals surface area contributed by atoms with Crippen LogP contribution in [-0.2, 0) is 14.4 Å². The molecule has 3 N–H and O–H groups in total. The molecule has 0 spiro atoms. The molecule has 0 bridgehead atoms. The highest BCUT2D eigenvalue weighted by Gasteiger charge is 2.72. The van der Waals surface area contributed by atoms with Gasteiger partial charge in [-0.1, -0.05) is 13.8 Å². The number of carbonyl (C=O) groups is 3. The van der Waals surface area contributed by atoms with Crippen molar-refractivity contribution >= 4 is 17.8 Å². The lowest BCUT2D eigenvalue weighted by Gasteiger charge is -2.27. The normalized spacial score (nSPS) is 33.3. The molecule has 1 heterocycles. The molecular weight excluding hydrogens is 224 g/mol. The van der Waals surface area contributed by atoms with E-state index in [0.29, 0.717) is 0 Å². The maximum absolute atomic E-state index is 11.9. The second kappa shape index (κ2) is 3.07. The zero-order chi connectivity index (χ0) is 13.2. The number of hydrogen-bond donors (Lipinski definition) is 2. The maximum atomic E-state index is 11.9. The fourth-order valence-corrected chi connectivity index (χ4v) is 2.56. The Bertz CT molecular complexity index is 403. The minimum absolute atomic E-state index is 0.261. The van der Waals surface area contributed by atoms with Crippen LogP contribution in [0.1, 0.15) is 20.8 Å². The van der Waals surface area contributed by atoms with Crippen LogP contribution >= 0.6 is 0 Å². The molecule has 94 valence electrons. The van der Waals surface area contributed by atoms with E-state index in [1.165, 1.54) is 6.92 Å². The number of nitrogens with two attached hydrogens (primary N) is 1. The van der Waals surface area contributed by atoms with Crippen molar-refractivity contribution in [3.63, 3.8) is 0 Å². The first kappa shape index (κ1) is 12.0. The van der Waals surface area contributed by atoms with Crippen molar-refractivity contribution in [1.29, 1.82) is 0 Å². The summed E-state index contributed by atoms with van der Waals surface area (Å²) in [4.78, 5) is 35.7. The molecule has 3 unspecified atom stereocenters. The fraction of sp³-hybridized carbons (Fsp3) is 0.727. The molecular formula is C11H16N2O4. The molecule has 2 fully saturated rings. The number of aliphatic carboxylic acids is 1. The number of hydrogen-bond acceptors (Lipinski definition) is 4. The molecule has 1 saturated heterocycles. The topological polar surface area (TPSA) is 101 Å². The number of fused-ring (bicyclic) bond motifs is 1. The first-order chi connectivity index (χ1) is 7.60. The van der Waals surface area contributed by atoms with Crippen LogP contribution in [0, 0.1) is 17.3 Å². The van der Waals surface area contributed by atoms with Gasteiger partial charge in [-0.25, -0.2) is 0 Å². The number of carboxylic acids is 1. The van der Waals surface area contributed by atoms with Crippen molar-refractivity contribution in [1.82, 2.24) is 4.90 Å².